The van der Waals surface area contributed by atoms with Gasteiger partial charge in [0.05, 0.1) is 19.9 Å². The van der Waals surface area contributed by atoms with Crippen molar-refractivity contribution >= 4 is 28.1 Å². The van der Waals surface area contributed by atoms with Gasteiger partial charge in [0.2, 0.25) is 0 Å². The first kappa shape index (κ1) is 22.7. The number of nitrogens with zero attached hydrogens (tertiary/aromatic N) is 1. The zero-order chi connectivity index (χ0) is 21.4. The molecule has 1 N–H and O–H groups in total. The molecule has 0 fully saturated rings. The van der Waals surface area contributed by atoms with Gasteiger partial charge in [-0.25, -0.2) is 5.43 Å². The lowest BCUT2D eigenvalue weighted by Gasteiger charge is -2.15. The fourth-order valence-corrected chi connectivity index (χ4v) is 3.05. The summed E-state index contributed by atoms with van der Waals surface area (Å²) >= 11 is 3.54. The number of rotatable bonds is 9. The summed E-state index contributed by atoms with van der Waals surface area (Å²) in [6.45, 7) is 8.40. The van der Waals surface area contributed by atoms with Crippen molar-refractivity contribution in [3.8, 4) is 17.2 Å². The minimum Gasteiger partial charge on any atom is -0.493 e. The van der Waals surface area contributed by atoms with E-state index in [-0.39, 0.29) is 18.4 Å². The van der Waals surface area contributed by atoms with Crippen LogP contribution in [-0.2, 0) is 4.79 Å². The fraction of sp³-hybridized carbons (Fsp3) is 0.364. The van der Waals surface area contributed by atoms with Crippen LogP contribution in [0.15, 0.2) is 39.9 Å². The van der Waals surface area contributed by atoms with E-state index in [4.69, 9.17) is 14.2 Å². The Morgan fingerprint density at radius 3 is 2.66 bits per heavy atom. The molecule has 0 radical (unpaired) electrons. The summed E-state index contributed by atoms with van der Waals surface area (Å²) in [5, 5.41) is 4.01. The molecular weight excluding hydrogens is 436 g/mol. The number of halogens is 1. The molecule has 6 nitrogen and oxygen atoms in total. The maximum absolute atomic E-state index is 12.2. The van der Waals surface area contributed by atoms with Gasteiger partial charge in [0.15, 0.2) is 18.1 Å². The Balaban J connectivity index is 2.02. The fourth-order valence-electron chi connectivity index (χ4n) is 2.69. The zero-order valence-corrected chi connectivity index (χ0v) is 19.0. The maximum Gasteiger partial charge on any atom is 0.277 e. The largest absolute Gasteiger partial charge is 0.493 e. The van der Waals surface area contributed by atoms with Crippen molar-refractivity contribution in [3.05, 3.63) is 51.5 Å². The van der Waals surface area contributed by atoms with E-state index in [2.05, 4.69) is 40.3 Å². The lowest BCUT2D eigenvalue weighted by atomic mass is 10.0. The van der Waals surface area contributed by atoms with Crippen LogP contribution in [0.1, 0.15) is 43.4 Å². The number of nitrogens with one attached hydrogen (secondary N) is 1. The quantitative estimate of drug-likeness (QED) is 0.428. The van der Waals surface area contributed by atoms with Gasteiger partial charge in [-0.3, -0.25) is 4.79 Å². The molecule has 2 aromatic carbocycles. The van der Waals surface area contributed by atoms with Crippen LogP contribution in [0.25, 0.3) is 0 Å². The third-order valence-electron chi connectivity index (χ3n) is 4.18. The molecule has 0 aliphatic heterocycles. The number of carbonyl (C=O) groups is 1. The molecule has 0 bridgehead atoms. The highest BCUT2D eigenvalue weighted by atomic mass is 79.9. The van der Waals surface area contributed by atoms with Crippen molar-refractivity contribution in [2.24, 2.45) is 5.10 Å². The second-order valence-corrected chi connectivity index (χ2v) is 7.54. The highest BCUT2D eigenvalue weighted by Gasteiger charge is 2.13. The van der Waals surface area contributed by atoms with Crippen LogP contribution in [0.2, 0.25) is 0 Å². The van der Waals surface area contributed by atoms with Gasteiger partial charge in [-0.2, -0.15) is 5.10 Å². The summed E-state index contributed by atoms with van der Waals surface area (Å²) in [4.78, 5) is 12.2. The molecule has 7 heteroatoms. The van der Waals surface area contributed by atoms with Crippen molar-refractivity contribution in [2.75, 3.05) is 20.3 Å². The van der Waals surface area contributed by atoms with Gasteiger partial charge in [-0.1, -0.05) is 35.8 Å². The Hall–Kier alpha value is -2.54. The zero-order valence-electron chi connectivity index (χ0n) is 17.4. The van der Waals surface area contributed by atoms with Gasteiger partial charge in [-0.15, -0.1) is 0 Å². The molecule has 156 valence electrons. The van der Waals surface area contributed by atoms with E-state index in [9.17, 15) is 4.79 Å². The first-order chi connectivity index (χ1) is 13.9. The molecule has 0 atom stereocenters. The molecule has 0 spiro atoms. The van der Waals surface area contributed by atoms with E-state index in [1.165, 1.54) is 6.21 Å². The Labute approximate surface area is 180 Å². The van der Waals surface area contributed by atoms with Crippen LogP contribution in [0.5, 0.6) is 17.2 Å². The van der Waals surface area contributed by atoms with Crippen LogP contribution < -0.4 is 19.6 Å². The molecule has 2 rings (SSSR count). The van der Waals surface area contributed by atoms with E-state index in [0.29, 0.717) is 29.4 Å². The number of aryl methyl sites for hydroxylation is 1. The number of ether oxygens (including phenoxy) is 3. The first-order valence-electron chi connectivity index (χ1n) is 9.41. The summed E-state index contributed by atoms with van der Waals surface area (Å²) in [7, 11) is 1.58. The van der Waals surface area contributed by atoms with E-state index < -0.39 is 0 Å². The van der Waals surface area contributed by atoms with Gasteiger partial charge in [0.25, 0.3) is 5.91 Å². The van der Waals surface area contributed by atoms with E-state index in [0.717, 1.165) is 15.6 Å². The summed E-state index contributed by atoms with van der Waals surface area (Å²) in [5.74, 6) is 1.81. The highest BCUT2D eigenvalue weighted by Crippen LogP contribution is 2.32. The van der Waals surface area contributed by atoms with Crippen LogP contribution in [0.4, 0.5) is 0 Å². The number of hydrazone groups is 1. The average molecular weight is 463 g/mol. The second kappa shape index (κ2) is 10.9. The molecule has 2 aromatic rings. The lowest BCUT2D eigenvalue weighted by Crippen LogP contribution is -2.25. The van der Waals surface area contributed by atoms with E-state index >= 15 is 0 Å². The molecule has 0 saturated heterocycles. The summed E-state index contributed by atoms with van der Waals surface area (Å²) in [6, 6.07) is 9.43. The Kier molecular flexibility index (Phi) is 8.51. The number of benzene rings is 2. The van der Waals surface area contributed by atoms with Gasteiger partial charge in [0, 0.05) is 10.0 Å². The van der Waals surface area contributed by atoms with Crippen molar-refractivity contribution in [1.29, 1.82) is 0 Å². The maximum atomic E-state index is 12.2. The standard InChI is InChI=1S/C22H27BrN2O4/c1-6-28-22-16(8-7-9-19(22)27-5)12-24-25-21(26)13-29-20-10-15(4)18(23)11-17(20)14(2)3/h7-12,14H,6,13H2,1-5H3,(H,25,26)/b24-12+. The van der Waals surface area contributed by atoms with E-state index in [1.54, 1.807) is 13.2 Å². The van der Waals surface area contributed by atoms with Crippen LogP contribution in [0, 0.1) is 6.92 Å². The Morgan fingerprint density at radius 2 is 2.00 bits per heavy atom. The SMILES string of the molecule is CCOc1c(/C=N/NC(=O)COc2cc(C)c(Br)cc2C(C)C)cccc1OC. The summed E-state index contributed by atoms with van der Waals surface area (Å²) in [6.07, 6.45) is 1.52. The lowest BCUT2D eigenvalue weighted by molar-refractivity contribution is -0.123. The van der Waals surface area contributed by atoms with Gasteiger partial charge < -0.3 is 14.2 Å². The van der Waals surface area contributed by atoms with Crippen LogP contribution in [0.3, 0.4) is 0 Å². The minimum absolute atomic E-state index is 0.130. The number of amides is 1. The summed E-state index contributed by atoms with van der Waals surface area (Å²) in [5.41, 5.74) is 5.27. The van der Waals surface area contributed by atoms with Gasteiger partial charge >= 0.3 is 0 Å². The van der Waals surface area contributed by atoms with Gasteiger partial charge in [-0.05, 0) is 55.2 Å². The number of hydrogen-bond donors (Lipinski definition) is 1. The van der Waals surface area contributed by atoms with Crippen molar-refractivity contribution in [2.45, 2.75) is 33.6 Å². The van der Waals surface area contributed by atoms with Gasteiger partial charge in [0.1, 0.15) is 5.75 Å². The molecule has 0 aliphatic rings. The smallest absolute Gasteiger partial charge is 0.277 e. The molecule has 0 unspecified atom stereocenters. The van der Waals surface area contributed by atoms with Crippen molar-refractivity contribution < 1.29 is 19.0 Å². The second-order valence-electron chi connectivity index (χ2n) is 6.69. The number of methoxy groups -OCH3 is 1. The predicted octanol–water partition coefficient (Wildman–Crippen LogP) is 4.82. The van der Waals surface area contributed by atoms with Crippen molar-refractivity contribution in [3.63, 3.8) is 0 Å². The number of hydrogen-bond acceptors (Lipinski definition) is 5. The summed E-state index contributed by atoms with van der Waals surface area (Å²) < 4.78 is 17.7. The Bertz CT molecular complexity index is 881. The molecule has 1 amide bonds. The molecule has 0 saturated carbocycles. The van der Waals surface area contributed by atoms with Crippen molar-refractivity contribution in [1.82, 2.24) is 5.43 Å². The molecule has 0 aliphatic carbocycles. The predicted molar refractivity (Wildman–Crippen MR) is 118 cm³/mol. The van der Waals surface area contributed by atoms with E-state index in [1.807, 2.05) is 38.1 Å². The third-order valence-corrected chi connectivity index (χ3v) is 5.04. The molecular formula is C22H27BrN2O4. The van der Waals surface area contributed by atoms with Crippen LogP contribution in [-0.4, -0.2) is 32.4 Å². The normalized spacial score (nSPS) is 11.0. The average Bonchev–Trinajstić information content (AvgIpc) is 2.69. The highest BCUT2D eigenvalue weighted by molar-refractivity contribution is 9.10. The van der Waals surface area contributed by atoms with Crippen LogP contribution >= 0.6 is 15.9 Å². The third kappa shape index (κ3) is 6.22. The Morgan fingerprint density at radius 1 is 1.24 bits per heavy atom. The number of carbonyl (C=O) groups excluding carboxylic acids is 1. The molecule has 0 aromatic heterocycles. The molecule has 29 heavy (non-hydrogen) atoms. The monoisotopic (exact) mass is 462 g/mol. The minimum atomic E-state index is -0.350. The topological polar surface area (TPSA) is 69.2 Å². The number of para-hydroxylation sites is 1. The molecule has 0 heterocycles. The first-order valence-corrected chi connectivity index (χ1v) is 10.2.